The molecule has 1 aliphatic carbocycles. The average molecular weight is 521 g/mol. The van der Waals surface area contributed by atoms with Gasteiger partial charge < -0.3 is 9.47 Å². The van der Waals surface area contributed by atoms with Crippen LogP contribution in [0.5, 0.6) is 11.5 Å². The van der Waals surface area contributed by atoms with Gasteiger partial charge in [-0.1, -0.05) is 121 Å². The van der Waals surface area contributed by atoms with Crippen molar-refractivity contribution in [2.45, 2.75) is 64.7 Å². The molecule has 0 bridgehead atoms. The Balaban J connectivity index is 1.58. The first-order valence-electron chi connectivity index (χ1n) is 13.9. The van der Waals surface area contributed by atoms with Crippen LogP contribution in [0.15, 0.2) is 108 Å². The third kappa shape index (κ3) is 5.76. The highest BCUT2D eigenvalue weighted by molar-refractivity contribution is 5.50. The van der Waals surface area contributed by atoms with Crippen LogP contribution in [0.3, 0.4) is 0 Å². The van der Waals surface area contributed by atoms with Crippen molar-refractivity contribution in [3.63, 3.8) is 0 Å². The second-order valence-electron chi connectivity index (χ2n) is 12.3. The van der Waals surface area contributed by atoms with Gasteiger partial charge in [0, 0.05) is 16.2 Å². The maximum Gasteiger partial charge on any atom is 0.118 e. The molecule has 0 N–H and O–H groups in total. The number of methoxy groups -OCH3 is 2. The van der Waals surface area contributed by atoms with Crippen LogP contribution in [0.2, 0.25) is 0 Å². The van der Waals surface area contributed by atoms with Crippen molar-refractivity contribution in [3.05, 3.63) is 131 Å². The topological polar surface area (TPSA) is 18.5 Å². The van der Waals surface area contributed by atoms with Gasteiger partial charge in [0.2, 0.25) is 0 Å². The fourth-order valence-electron chi connectivity index (χ4n) is 5.56. The molecule has 0 amide bonds. The van der Waals surface area contributed by atoms with Gasteiger partial charge in [0.1, 0.15) is 11.5 Å². The number of hydrogen-bond donors (Lipinski definition) is 0. The Morgan fingerprint density at radius 3 is 1.05 bits per heavy atom. The lowest BCUT2D eigenvalue weighted by Crippen LogP contribution is -2.22. The quantitative estimate of drug-likeness (QED) is 0.295. The lowest BCUT2D eigenvalue weighted by atomic mass is 9.74. The van der Waals surface area contributed by atoms with Gasteiger partial charge in [0.15, 0.2) is 0 Å². The molecule has 0 saturated heterocycles. The molecule has 0 radical (unpaired) electrons. The summed E-state index contributed by atoms with van der Waals surface area (Å²) in [4.78, 5) is 0. The van der Waals surface area contributed by atoms with Crippen LogP contribution < -0.4 is 9.47 Å². The summed E-state index contributed by atoms with van der Waals surface area (Å²) in [5, 5.41) is 0. The minimum Gasteiger partial charge on any atom is -0.497 e. The first-order valence-corrected chi connectivity index (χ1v) is 13.9. The van der Waals surface area contributed by atoms with Crippen molar-refractivity contribution < 1.29 is 9.47 Å². The molecule has 0 spiro atoms. The molecule has 0 heterocycles. The monoisotopic (exact) mass is 520 g/mol. The third-order valence-electron chi connectivity index (χ3n) is 8.72. The molecule has 2 heteroatoms. The fraction of sp³-hybridized carbons (Fsp3) is 0.351. The summed E-state index contributed by atoms with van der Waals surface area (Å²) in [5.41, 5.74) is 7.51. The van der Waals surface area contributed by atoms with Gasteiger partial charge in [0.25, 0.3) is 0 Å². The van der Waals surface area contributed by atoms with Gasteiger partial charge >= 0.3 is 0 Å². The van der Waals surface area contributed by atoms with E-state index in [1.807, 2.05) is 24.3 Å². The number of hydrogen-bond acceptors (Lipinski definition) is 2. The first-order chi connectivity index (χ1) is 18.4. The molecule has 204 valence electrons. The molecular formula is C37H44O2. The van der Waals surface area contributed by atoms with Crippen LogP contribution in [0, 0.1) is 5.92 Å². The molecule has 4 rings (SSSR count). The van der Waals surface area contributed by atoms with E-state index in [1.54, 1.807) is 14.2 Å². The van der Waals surface area contributed by atoms with Gasteiger partial charge in [-0.25, -0.2) is 0 Å². The van der Waals surface area contributed by atoms with Crippen molar-refractivity contribution >= 4 is 0 Å². The fourth-order valence-corrected chi connectivity index (χ4v) is 5.56. The summed E-state index contributed by atoms with van der Waals surface area (Å²) < 4.78 is 10.7. The number of benzene rings is 3. The molecule has 0 aliphatic heterocycles. The van der Waals surface area contributed by atoms with Gasteiger partial charge in [-0.15, -0.1) is 0 Å². The van der Waals surface area contributed by atoms with Crippen molar-refractivity contribution in [1.29, 1.82) is 0 Å². The van der Waals surface area contributed by atoms with Gasteiger partial charge in [0.05, 0.1) is 14.2 Å². The second-order valence-corrected chi connectivity index (χ2v) is 12.3. The van der Waals surface area contributed by atoms with Crippen LogP contribution in [-0.2, 0) is 16.2 Å². The summed E-state index contributed by atoms with van der Waals surface area (Å²) in [5.74, 6) is 2.10. The van der Waals surface area contributed by atoms with Crippen LogP contribution in [-0.4, -0.2) is 14.2 Å². The molecule has 0 fully saturated rings. The van der Waals surface area contributed by atoms with E-state index in [4.69, 9.17) is 9.47 Å². The summed E-state index contributed by atoms with van der Waals surface area (Å²) in [6.07, 6.45) is 9.48. The Morgan fingerprint density at radius 2 is 0.744 bits per heavy atom. The number of ether oxygens (including phenoxy) is 2. The number of allylic oxidation sites excluding steroid dienone is 6. The largest absolute Gasteiger partial charge is 0.497 e. The van der Waals surface area contributed by atoms with E-state index in [1.165, 1.54) is 33.4 Å². The zero-order valence-electron chi connectivity index (χ0n) is 25.1. The van der Waals surface area contributed by atoms with Crippen LogP contribution in [0.25, 0.3) is 0 Å². The summed E-state index contributed by atoms with van der Waals surface area (Å²) in [6, 6.07) is 26.1. The average Bonchev–Trinajstić information content (AvgIpc) is 3.15. The first kappa shape index (κ1) is 28.5. The minimum atomic E-state index is -0.124. The van der Waals surface area contributed by atoms with E-state index >= 15 is 0 Å². The standard InChI is InChI=1S/C37H44O2/c1-26-24-31(14-15-32(25-26)37(6,7)30-18-22-34(39-9)23-19-30)36(4,5)28-12-10-27(11-13-28)35(2,3)29-16-20-33(38-8)21-17-29/h10-26H,1-9H3. The molecule has 0 saturated carbocycles. The Morgan fingerprint density at radius 1 is 0.462 bits per heavy atom. The Kier molecular flexibility index (Phi) is 7.98. The molecule has 1 aliphatic rings. The lowest BCUT2D eigenvalue weighted by molar-refractivity contribution is 0.414. The molecular weight excluding hydrogens is 476 g/mol. The maximum atomic E-state index is 5.37. The zero-order valence-corrected chi connectivity index (χ0v) is 25.1. The summed E-state index contributed by atoms with van der Waals surface area (Å²) in [6.45, 7) is 16.1. The summed E-state index contributed by atoms with van der Waals surface area (Å²) >= 11 is 0. The molecule has 3 aromatic rings. The lowest BCUT2D eigenvalue weighted by Gasteiger charge is -2.30. The SMILES string of the molecule is COc1ccc(C(C)(C)C2=CC(C)C=C(C(C)(C)c3ccc(C(C)(C)c4ccc(OC)cc4)cc3)C=C2)cc1. The highest BCUT2D eigenvalue weighted by Crippen LogP contribution is 2.40. The van der Waals surface area contributed by atoms with Crippen molar-refractivity contribution in [3.8, 4) is 11.5 Å². The molecule has 2 nitrogen and oxygen atoms in total. The molecule has 3 aromatic carbocycles. The van der Waals surface area contributed by atoms with E-state index in [9.17, 15) is 0 Å². The maximum absolute atomic E-state index is 5.37. The van der Waals surface area contributed by atoms with Crippen LogP contribution >= 0.6 is 0 Å². The minimum absolute atomic E-state index is 0.100. The van der Waals surface area contributed by atoms with Crippen molar-refractivity contribution in [1.82, 2.24) is 0 Å². The predicted octanol–water partition coefficient (Wildman–Crippen LogP) is 9.34. The second kappa shape index (κ2) is 10.9. The van der Waals surface area contributed by atoms with Crippen molar-refractivity contribution in [2.75, 3.05) is 14.2 Å². The van der Waals surface area contributed by atoms with Crippen molar-refractivity contribution in [2.24, 2.45) is 5.92 Å². The zero-order chi connectivity index (χ0) is 28.4. The molecule has 0 aromatic heterocycles. The van der Waals surface area contributed by atoms with E-state index in [0.717, 1.165) is 11.5 Å². The molecule has 1 atom stereocenters. The Labute approximate surface area is 236 Å². The Bertz CT molecular complexity index is 1360. The predicted molar refractivity (Wildman–Crippen MR) is 165 cm³/mol. The number of rotatable bonds is 8. The van der Waals surface area contributed by atoms with Gasteiger partial charge in [-0.05, 0) is 63.6 Å². The molecule has 1 unspecified atom stereocenters. The normalized spacial score (nSPS) is 16.3. The smallest absolute Gasteiger partial charge is 0.118 e. The van der Waals surface area contributed by atoms with E-state index in [-0.39, 0.29) is 16.2 Å². The highest BCUT2D eigenvalue weighted by Gasteiger charge is 2.30. The highest BCUT2D eigenvalue weighted by atomic mass is 16.5. The summed E-state index contributed by atoms with van der Waals surface area (Å²) in [7, 11) is 3.42. The third-order valence-corrected chi connectivity index (χ3v) is 8.72. The van der Waals surface area contributed by atoms with Crippen LogP contribution in [0.1, 0.15) is 70.7 Å². The molecule has 39 heavy (non-hydrogen) atoms. The van der Waals surface area contributed by atoms with E-state index in [2.05, 4.69) is 121 Å². The van der Waals surface area contributed by atoms with E-state index in [0.29, 0.717) is 5.92 Å². The van der Waals surface area contributed by atoms with Gasteiger partial charge in [-0.3, -0.25) is 0 Å². The Hall–Kier alpha value is -3.52. The van der Waals surface area contributed by atoms with Gasteiger partial charge in [-0.2, -0.15) is 0 Å². The van der Waals surface area contributed by atoms with E-state index < -0.39 is 0 Å². The van der Waals surface area contributed by atoms with Crippen LogP contribution in [0.4, 0.5) is 0 Å².